The van der Waals surface area contributed by atoms with Crippen LogP contribution in [0.2, 0.25) is 0 Å². The van der Waals surface area contributed by atoms with Gasteiger partial charge in [-0.25, -0.2) is 4.98 Å². The van der Waals surface area contributed by atoms with Crippen molar-refractivity contribution in [2.75, 3.05) is 5.73 Å². The number of hydrogen-bond donors (Lipinski definition) is 1. The normalized spacial score (nSPS) is 17.6. The van der Waals surface area contributed by atoms with Gasteiger partial charge in [-0.05, 0) is 25.0 Å². The molecule has 0 spiro atoms. The summed E-state index contributed by atoms with van der Waals surface area (Å²) >= 11 is 0. The van der Waals surface area contributed by atoms with E-state index in [0.29, 0.717) is 12.0 Å². The Morgan fingerprint density at radius 3 is 2.73 bits per heavy atom. The van der Waals surface area contributed by atoms with Gasteiger partial charge in [0.2, 0.25) is 5.95 Å². The van der Waals surface area contributed by atoms with Crippen LogP contribution in [0, 0.1) is 0 Å². The number of nitrogens with zero attached hydrogens (tertiary/aromatic N) is 2. The van der Waals surface area contributed by atoms with E-state index in [1.807, 2.05) is 12.1 Å². The maximum absolute atomic E-state index is 5.98. The third-order valence-corrected chi connectivity index (χ3v) is 3.31. The van der Waals surface area contributed by atoms with Crippen molar-refractivity contribution in [1.29, 1.82) is 0 Å². The van der Waals surface area contributed by atoms with Gasteiger partial charge in [-0.1, -0.05) is 25.0 Å². The van der Waals surface area contributed by atoms with E-state index in [-0.39, 0.29) is 0 Å². The number of para-hydroxylation sites is 2. The first-order valence-corrected chi connectivity index (χ1v) is 5.59. The average Bonchev–Trinajstić information content (AvgIpc) is 2.82. The molecule has 1 aromatic carbocycles. The van der Waals surface area contributed by atoms with Crippen molar-refractivity contribution in [3.8, 4) is 0 Å². The van der Waals surface area contributed by atoms with Crippen LogP contribution in [0.25, 0.3) is 11.0 Å². The van der Waals surface area contributed by atoms with Crippen LogP contribution in [0.1, 0.15) is 31.7 Å². The summed E-state index contributed by atoms with van der Waals surface area (Å²) in [5.41, 5.74) is 8.18. The molecule has 1 fully saturated rings. The molecule has 1 heterocycles. The second kappa shape index (κ2) is 3.26. The Bertz CT molecular complexity index is 481. The number of fused-ring (bicyclic) bond motifs is 1. The topological polar surface area (TPSA) is 43.8 Å². The van der Waals surface area contributed by atoms with Gasteiger partial charge in [0.15, 0.2) is 0 Å². The minimum absolute atomic E-state index is 0.567. The van der Waals surface area contributed by atoms with Gasteiger partial charge in [0.05, 0.1) is 11.0 Å². The highest BCUT2D eigenvalue weighted by Crippen LogP contribution is 2.34. The first-order valence-electron chi connectivity index (χ1n) is 5.59. The van der Waals surface area contributed by atoms with Crippen LogP contribution in [0.5, 0.6) is 0 Å². The summed E-state index contributed by atoms with van der Waals surface area (Å²) in [6.07, 6.45) is 5.11. The first-order chi connectivity index (χ1) is 7.36. The van der Waals surface area contributed by atoms with Crippen LogP contribution in [-0.2, 0) is 0 Å². The minimum Gasteiger partial charge on any atom is -0.369 e. The summed E-state index contributed by atoms with van der Waals surface area (Å²) in [6.45, 7) is 0. The highest BCUT2D eigenvalue weighted by Gasteiger charge is 2.20. The molecule has 0 amide bonds. The van der Waals surface area contributed by atoms with E-state index in [1.165, 1.54) is 31.2 Å². The summed E-state index contributed by atoms with van der Waals surface area (Å²) in [6, 6.07) is 8.76. The fourth-order valence-electron chi connectivity index (χ4n) is 2.61. The molecule has 0 radical (unpaired) electrons. The summed E-state index contributed by atoms with van der Waals surface area (Å²) in [4.78, 5) is 4.40. The molecule has 1 aliphatic rings. The molecule has 78 valence electrons. The van der Waals surface area contributed by atoms with Crippen LogP contribution in [0.3, 0.4) is 0 Å². The predicted octanol–water partition coefficient (Wildman–Crippen LogP) is 2.73. The lowest BCUT2D eigenvalue weighted by molar-refractivity contribution is 0.539. The van der Waals surface area contributed by atoms with Crippen molar-refractivity contribution >= 4 is 17.0 Å². The molecule has 3 heteroatoms. The van der Waals surface area contributed by atoms with Crippen LogP contribution in [0.4, 0.5) is 5.95 Å². The van der Waals surface area contributed by atoms with E-state index in [9.17, 15) is 0 Å². The zero-order valence-corrected chi connectivity index (χ0v) is 8.69. The van der Waals surface area contributed by atoms with E-state index >= 15 is 0 Å². The van der Waals surface area contributed by atoms with Gasteiger partial charge in [0.25, 0.3) is 0 Å². The monoisotopic (exact) mass is 201 g/mol. The van der Waals surface area contributed by atoms with Gasteiger partial charge in [-0.2, -0.15) is 0 Å². The summed E-state index contributed by atoms with van der Waals surface area (Å²) < 4.78 is 2.21. The van der Waals surface area contributed by atoms with E-state index in [1.54, 1.807) is 0 Å². The Morgan fingerprint density at radius 2 is 1.93 bits per heavy atom. The van der Waals surface area contributed by atoms with Crippen molar-refractivity contribution in [3.63, 3.8) is 0 Å². The van der Waals surface area contributed by atoms with E-state index < -0.39 is 0 Å². The number of nitrogens with two attached hydrogens (primary N) is 1. The zero-order valence-electron chi connectivity index (χ0n) is 8.69. The molecule has 0 bridgehead atoms. The predicted molar refractivity (Wildman–Crippen MR) is 61.7 cm³/mol. The average molecular weight is 201 g/mol. The van der Waals surface area contributed by atoms with Gasteiger partial charge in [0, 0.05) is 6.04 Å². The van der Waals surface area contributed by atoms with E-state index in [4.69, 9.17) is 5.73 Å². The Balaban J connectivity index is 2.19. The molecule has 1 aromatic heterocycles. The Kier molecular flexibility index (Phi) is 1.91. The highest BCUT2D eigenvalue weighted by atomic mass is 15.2. The van der Waals surface area contributed by atoms with Gasteiger partial charge in [0.1, 0.15) is 0 Å². The molecule has 3 nitrogen and oxygen atoms in total. The molecule has 0 aliphatic heterocycles. The lowest BCUT2D eigenvalue weighted by Gasteiger charge is -2.13. The largest absolute Gasteiger partial charge is 0.369 e. The quantitative estimate of drug-likeness (QED) is 0.771. The third kappa shape index (κ3) is 1.30. The van der Waals surface area contributed by atoms with Crippen LogP contribution in [0.15, 0.2) is 24.3 Å². The summed E-state index contributed by atoms with van der Waals surface area (Å²) in [7, 11) is 0. The van der Waals surface area contributed by atoms with E-state index in [2.05, 4.69) is 21.7 Å². The van der Waals surface area contributed by atoms with Crippen molar-refractivity contribution in [1.82, 2.24) is 9.55 Å². The van der Waals surface area contributed by atoms with E-state index in [0.717, 1.165) is 5.52 Å². The summed E-state index contributed by atoms with van der Waals surface area (Å²) in [5, 5.41) is 0. The molecule has 1 saturated carbocycles. The van der Waals surface area contributed by atoms with Crippen molar-refractivity contribution in [2.24, 2.45) is 0 Å². The number of aromatic nitrogens is 2. The maximum Gasteiger partial charge on any atom is 0.201 e. The maximum atomic E-state index is 5.98. The molecule has 2 N–H and O–H groups in total. The second-order valence-corrected chi connectivity index (χ2v) is 4.27. The molecule has 15 heavy (non-hydrogen) atoms. The number of benzene rings is 1. The fraction of sp³-hybridized carbons (Fsp3) is 0.417. The molecule has 0 saturated heterocycles. The molecular weight excluding hydrogens is 186 g/mol. The summed E-state index contributed by atoms with van der Waals surface area (Å²) in [5.74, 6) is 0.670. The van der Waals surface area contributed by atoms with Crippen molar-refractivity contribution in [3.05, 3.63) is 24.3 Å². The number of rotatable bonds is 1. The Hall–Kier alpha value is -1.51. The molecule has 2 aromatic rings. The smallest absolute Gasteiger partial charge is 0.201 e. The Morgan fingerprint density at radius 1 is 1.20 bits per heavy atom. The molecule has 0 unspecified atom stereocenters. The zero-order chi connectivity index (χ0) is 10.3. The van der Waals surface area contributed by atoms with Crippen LogP contribution in [-0.4, -0.2) is 9.55 Å². The van der Waals surface area contributed by atoms with Gasteiger partial charge in [-0.3, -0.25) is 0 Å². The fourth-order valence-corrected chi connectivity index (χ4v) is 2.61. The van der Waals surface area contributed by atoms with Crippen LogP contribution >= 0.6 is 0 Å². The number of imidazole rings is 1. The number of nitrogen functional groups attached to an aromatic ring is 1. The second-order valence-electron chi connectivity index (χ2n) is 4.27. The standard InChI is InChI=1S/C12H15N3/c13-12-14-10-7-3-4-8-11(10)15(12)9-5-1-2-6-9/h3-4,7-9H,1-2,5-6H2,(H2,13,14). The van der Waals surface area contributed by atoms with Gasteiger partial charge in [-0.15, -0.1) is 0 Å². The third-order valence-electron chi connectivity index (χ3n) is 3.31. The van der Waals surface area contributed by atoms with Crippen molar-refractivity contribution in [2.45, 2.75) is 31.7 Å². The minimum atomic E-state index is 0.567. The first kappa shape index (κ1) is 8.77. The number of anilines is 1. The SMILES string of the molecule is Nc1nc2ccccc2n1C1CCCC1. The lowest BCUT2D eigenvalue weighted by atomic mass is 10.2. The Labute approximate surface area is 88.9 Å². The van der Waals surface area contributed by atoms with Gasteiger partial charge < -0.3 is 10.3 Å². The molecule has 0 atom stereocenters. The lowest BCUT2D eigenvalue weighted by Crippen LogP contribution is -2.08. The molecule has 1 aliphatic carbocycles. The molecular formula is C12H15N3. The molecule has 3 rings (SSSR count). The van der Waals surface area contributed by atoms with Crippen LogP contribution < -0.4 is 5.73 Å². The number of hydrogen-bond acceptors (Lipinski definition) is 2. The highest BCUT2D eigenvalue weighted by molar-refractivity contribution is 5.78. The van der Waals surface area contributed by atoms with Gasteiger partial charge >= 0.3 is 0 Å². The van der Waals surface area contributed by atoms with Crippen molar-refractivity contribution < 1.29 is 0 Å².